The molecule has 0 heterocycles. The molecule has 33 heavy (non-hydrogen) atoms. The smallest absolute Gasteiger partial charge is 0.343 e. The van der Waals surface area contributed by atoms with Crippen LogP contribution in [0, 0.1) is 0 Å². The maximum atomic E-state index is 11.4. The largest absolute Gasteiger partial charge is 0.489 e. The molecule has 0 bridgehead atoms. The third-order valence-corrected chi connectivity index (χ3v) is 7.39. The van der Waals surface area contributed by atoms with E-state index in [1.165, 1.54) is 28.7 Å². The van der Waals surface area contributed by atoms with Crippen molar-refractivity contribution < 1.29 is 19.0 Å². The summed E-state index contributed by atoms with van der Waals surface area (Å²) in [6, 6.07) is 17.7. The van der Waals surface area contributed by atoms with Crippen molar-refractivity contribution in [3.63, 3.8) is 0 Å². The number of methoxy groups -OCH3 is 1. The highest BCUT2D eigenvalue weighted by molar-refractivity contribution is 7.98. The van der Waals surface area contributed by atoms with Crippen molar-refractivity contribution in [3.8, 4) is 11.5 Å². The Kier molecular flexibility index (Phi) is 8.07. The van der Waals surface area contributed by atoms with Crippen molar-refractivity contribution in [1.82, 2.24) is 0 Å². The lowest BCUT2D eigenvalue weighted by molar-refractivity contribution is -0.142. The SMILES string of the molecule is COC(=O)COc1ccc(SCc2ccc(OCc3ccc(Cl)c(Cl)c3)cc2)c2c1CCC2. The Labute approximate surface area is 208 Å². The van der Waals surface area contributed by atoms with Gasteiger partial charge in [-0.05, 0) is 77.9 Å². The van der Waals surface area contributed by atoms with Gasteiger partial charge in [-0.15, -0.1) is 11.8 Å². The molecule has 0 aliphatic heterocycles. The maximum Gasteiger partial charge on any atom is 0.343 e. The van der Waals surface area contributed by atoms with Gasteiger partial charge in [0.05, 0.1) is 17.2 Å². The summed E-state index contributed by atoms with van der Waals surface area (Å²) in [5, 5.41) is 1.07. The Bertz CT molecular complexity index is 1130. The highest BCUT2D eigenvalue weighted by Crippen LogP contribution is 2.38. The normalized spacial score (nSPS) is 12.3. The number of fused-ring (bicyclic) bond motifs is 1. The number of thioether (sulfide) groups is 1. The third kappa shape index (κ3) is 6.17. The number of halogens is 2. The number of hydrogen-bond acceptors (Lipinski definition) is 5. The maximum absolute atomic E-state index is 11.4. The molecular weight excluding hydrogens is 479 g/mol. The summed E-state index contributed by atoms with van der Waals surface area (Å²) in [7, 11) is 1.37. The molecule has 3 aromatic rings. The second-order valence-electron chi connectivity index (χ2n) is 7.71. The van der Waals surface area contributed by atoms with E-state index in [-0.39, 0.29) is 12.6 Å². The molecule has 0 saturated carbocycles. The van der Waals surface area contributed by atoms with Crippen molar-refractivity contribution >= 4 is 40.9 Å². The number of esters is 1. The first-order valence-corrected chi connectivity index (χ1v) is 12.4. The first-order chi connectivity index (χ1) is 16.0. The van der Waals surface area contributed by atoms with Gasteiger partial charge in [-0.3, -0.25) is 0 Å². The molecule has 0 aromatic heterocycles. The molecule has 7 heteroatoms. The van der Waals surface area contributed by atoms with Gasteiger partial charge in [0.15, 0.2) is 6.61 Å². The van der Waals surface area contributed by atoms with Crippen molar-refractivity contribution in [2.45, 2.75) is 36.5 Å². The highest BCUT2D eigenvalue weighted by atomic mass is 35.5. The molecule has 1 aliphatic rings. The van der Waals surface area contributed by atoms with E-state index in [9.17, 15) is 4.79 Å². The van der Waals surface area contributed by atoms with Crippen LogP contribution in [0.2, 0.25) is 10.0 Å². The number of benzene rings is 3. The number of hydrogen-bond donors (Lipinski definition) is 0. The molecule has 4 rings (SSSR count). The van der Waals surface area contributed by atoms with Crippen LogP contribution in [0.1, 0.15) is 28.7 Å². The van der Waals surface area contributed by atoms with E-state index in [2.05, 4.69) is 22.9 Å². The predicted molar refractivity (Wildman–Crippen MR) is 133 cm³/mol. The molecule has 0 unspecified atom stereocenters. The summed E-state index contributed by atoms with van der Waals surface area (Å²) in [4.78, 5) is 12.7. The fourth-order valence-corrected chi connectivity index (χ4v) is 5.14. The van der Waals surface area contributed by atoms with E-state index in [0.29, 0.717) is 16.7 Å². The van der Waals surface area contributed by atoms with Crippen molar-refractivity contribution in [3.05, 3.63) is 86.9 Å². The summed E-state index contributed by atoms with van der Waals surface area (Å²) in [5.74, 6) is 2.09. The van der Waals surface area contributed by atoms with Crippen LogP contribution in [-0.2, 0) is 34.7 Å². The van der Waals surface area contributed by atoms with Crippen LogP contribution in [0.5, 0.6) is 11.5 Å². The zero-order valence-corrected chi connectivity index (χ0v) is 20.6. The van der Waals surface area contributed by atoms with Crippen LogP contribution in [0.15, 0.2) is 59.5 Å². The number of rotatable bonds is 9. The van der Waals surface area contributed by atoms with Gasteiger partial charge in [0, 0.05) is 10.6 Å². The van der Waals surface area contributed by atoms with E-state index < -0.39 is 0 Å². The van der Waals surface area contributed by atoms with Crippen LogP contribution in [0.3, 0.4) is 0 Å². The predicted octanol–water partition coefficient (Wildman–Crippen LogP) is 6.91. The lowest BCUT2D eigenvalue weighted by atomic mass is 10.1. The van der Waals surface area contributed by atoms with Crippen LogP contribution in [-0.4, -0.2) is 19.7 Å². The number of carbonyl (C=O) groups excluding carboxylic acids is 1. The second-order valence-corrected chi connectivity index (χ2v) is 9.54. The average Bonchev–Trinajstić information content (AvgIpc) is 3.33. The van der Waals surface area contributed by atoms with Gasteiger partial charge in [0.25, 0.3) is 0 Å². The molecule has 172 valence electrons. The van der Waals surface area contributed by atoms with E-state index in [4.69, 9.17) is 32.7 Å². The minimum Gasteiger partial charge on any atom is -0.489 e. The molecule has 0 atom stereocenters. The molecule has 0 amide bonds. The molecule has 4 nitrogen and oxygen atoms in total. The Morgan fingerprint density at radius 3 is 2.42 bits per heavy atom. The van der Waals surface area contributed by atoms with Crippen LogP contribution in [0.25, 0.3) is 0 Å². The molecule has 1 aliphatic carbocycles. The molecule has 0 spiro atoms. The molecule has 0 saturated heterocycles. The summed E-state index contributed by atoms with van der Waals surface area (Å²) in [6.07, 6.45) is 3.12. The third-order valence-electron chi connectivity index (χ3n) is 5.48. The first kappa shape index (κ1) is 23.8. The fourth-order valence-electron chi connectivity index (χ4n) is 3.75. The Morgan fingerprint density at radius 1 is 0.909 bits per heavy atom. The zero-order chi connectivity index (χ0) is 23.2. The Balaban J connectivity index is 1.34. The topological polar surface area (TPSA) is 44.8 Å². The molecule has 3 aromatic carbocycles. The van der Waals surface area contributed by atoms with Gasteiger partial charge in [0.1, 0.15) is 18.1 Å². The van der Waals surface area contributed by atoms with E-state index in [0.717, 1.165) is 42.1 Å². The summed E-state index contributed by atoms with van der Waals surface area (Å²) < 4.78 is 16.2. The fraction of sp³-hybridized carbons (Fsp3) is 0.269. The minimum absolute atomic E-state index is 0.0606. The van der Waals surface area contributed by atoms with Gasteiger partial charge >= 0.3 is 5.97 Å². The van der Waals surface area contributed by atoms with Gasteiger partial charge in [0.2, 0.25) is 0 Å². The van der Waals surface area contributed by atoms with Gasteiger partial charge < -0.3 is 14.2 Å². The van der Waals surface area contributed by atoms with Crippen molar-refractivity contribution in [2.75, 3.05) is 13.7 Å². The van der Waals surface area contributed by atoms with Gasteiger partial charge in [-0.25, -0.2) is 4.79 Å². The van der Waals surface area contributed by atoms with Crippen LogP contribution >= 0.6 is 35.0 Å². The molecular formula is C26H24Cl2O4S. The Morgan fingerprint density at radius 2 is 1.67 bits per heavy atom. The van der Waals surface area contributed by atoms with E-state index >= 15 is 0 Å². The number of carbonyl (C=O) groups is 1. The Hall–Kier alpha value is -2.34. The summed E-state index contributed by atoms with van der Waals surface area (Å²) in [6.45, 7) is 0.371. The second kappa shape index (κ2) is 11.2. The van der Waals surface area contributed by atoms with Crippen molar-refractivity contribution in [2.24, 2.45) is 0 Å². The standard InChI is InChI=1S/C26H24Cl2O4S/c1-30-26(29)15-32-24-11-12-25(21-4-2-3-20(21)24)33-16-17-5-8-19(9-6-17)31-14-18-7-10-22(27)23(28)13-18/h5-13H,2-4,14-16H2,1H3. The lowest BCUT2D eigenvalue weighted by Crippen LogP contribution is -2.13. The number of ether oxygens (including phenoxy) is 3. The quantitative estimate of drug-likeness (QED) is 0.235. The van der Waals surface area contributed by atoms with Crippen molar-refractivity contribution in [1.29, 1.82) is 0 Å². The average molecular weight is 503 g/mol. The van der Waals surface area contributed by atoms with Crippen LogP contribution in [0.4, 0.5) is 0 Å². The van der Waals surface area contributed by atoms with Gasteiger partial charge in [-0.1, -0.05) is 41.4 Å². The lowest BCUT2D eigenvalue weighted by Gasteiger charge is -2.14. The molecule has 0 N–H and O–H groups in total. The zero-order valence-electron chi connectivity index (χ0n) is 18.2. The minimum atomic E-state index is -0.371. The molecule has 0 radical (unpaired) electrons. The monoisotopic (exact) mass is 502 g/mol. The van der Waals surface area contributed by atoms with E-state index in [1.807, 2.05) is 42.1 Å². The van der Waals surface area contributed by atoms with Crippen LogP contribution < -0.4 is 9.47 Å². The first-order valence-electron chi connectivity index (χ1n) is 10.7. The summed E-state index contributed by atoms with van der Waals surface area (Å²) in [5.41, 5.74) is 4.75. The van der Waals surface area contributed by atoms with Gasteiger partial charge in [-0.2, -0.15) is 0 Å². The molecule has 0 fully saturated rings. The highest BCUT2D eigenvalue weighted by Gasteiger charge is 2.20. The van der Waals surface area contributed by atoms with E-state index in [1.54, 1.807) is 6.07 Å². The summed E-state index contributed by atoms with van der Waals surface area (Å²) >= 11 is 13.8.